The Bertz CT molecular complexity index is 1080. The van der Waals surface area contributed by atoms with Gasteiger partial charge in [-0.2, -0.15) is 0 Å². The van der Waals surface area contributed by atoms with Gasteiger partial charge in [-0.1, -0.05) is 22.9 Å². The maximum Gasteiger partial charge on any atom is 0.194 e. The van der Waals surface area contributed by atoms with Crippen molar-refractivity contribution in [2.75, 3.05) is 13.2 Å². The summed E-state index contributed by atoms with van der Waals surface area (Å²) in [6.45, 7) is -0.275. The number of nitrogens with zero attached hydrogens (tertiary/aromatic N) is 4. The van der Waals surface area contributed by atoms with E-state index in [2.05, 4.69) is 20.0 Å². The van der Waals surface area contributed by atoms with E-state index in [1.807, 2.05) is 22.2 Å². The summed E-state index contributed by atoms with van der Waals surface area (Å²) >= 11 is 14.5. The Morgan fingerprint density at radius 2 is 2.14 bits per heavy atom. The monoisotopic (exact) mass is 459 g/mol. The van der Waals surface area contributed by atoms with E-state index in [1.54, 1.807) is 0 Å². The van der Waals surface area contributed by atoms with Crippen LogP contribution >= 0.6 is 46.1 Å². The Hall–Kier alpha value is -1.82. The molecule has 2 N–H and O–H groups in total. The molecule has 4 rings (SSSR count). The first-order valence-electron chi connectivity index (χ1n) is 7.94. The highest BCUT2D eigenvalue weighted by molar-refractivity contribution is 7.18. The zero-order valence-corrected chi connectivity index (χ0v) is 17.1. The largest absolute Gasteiger partial charge is 0.489 e. The average Bonchev–Trinajstić information content (AvgIpc) is 3.40. The molecule has 0 saturated carbocycles. The third-order valence-corrected chi connectivity index (χ3v) is 6.18. The normalized spacial score (nSPS) is 12.6. The zero-order chi connectivity index (χ0) is 19.7. The second-order valence-electron chi connectivity index (χ2n) is 5.69. The van der Waals surface area contributed by atoms with Crippen LogP contribution in [0.4, 0.5) is 4.39 Å². The molecule has 1 aromatic carbocycles. The average molecular weight is 460 g/mol. The molecule has 3 heterocycles. The standard InChI is InChI=1S/C16H12Cl2FN5O2S2/c17-10-4-13(26-7-8(6-25)21-18)11(19)3-9(10)14-22-23-15(28-14)12-5-24-1-2-27-16(24)20-12/h1-5,8,21,25H,6-7H2. The van der Waals surface area contributed by atoms with Crippen molar-refractivity contribution in [2.45, 2.75) is 6.04 Å². The van der Waals surface area contributed by atoms with E-state index in [0.717, 1.165) is 4.96 Å². The minimum Gasteiger partial charge on any atom is -0.489 e. The number of ether oxygens (including phenoxy) is 1. The van der Waals surface area contributed by atoms with Gasteiger partial charge in [0.15, 0.2) is 21.5 Å². The van der Waals surface area contributed by atoms with Crippen molar-refractivity contribution in [1.82, 2.24) is 24.4 Å². The Labute approximate surface area is 176 Å². The quantitative estimate of drug-likeness (QED) is 0.408. The van der Waals surface area contributed by atoms with E-state index >= 15 is 0 Å². The SMILES string of the molecule is OCC(COc1cc(Cl)c(-c2nnc(-c3cn4ccsc4n3)s2)cc1F)NCl. The molecule has 0 bridgehead atoms. The Morgan fingerprint density at radius 3 is 2.89 bits per heavy atom. The first kappa shape index (κ1) is 19.5. The smallest absolute Gasteiger partial charge is 0.194 e. The summed E-state index contributed by atoms with van der Waals surface area (Å²) in [6, 6.07) is 2.08. The third-order valence-electron chi connectivity index (χ3n) is 3.80. The number of hydrogen-bond donors (Lipinski definition) is 2. The molecule has 0 saturated heterocycles. The molecule has 12 heteroatoms. The third kappa shape index (κ3) is 3.84. The van der Waals surface area contributed by atoms with Crippen LogP contribution in [-0.4, -0.2) is 43.9 Å². The summed E-state index contributed by atoms with van der Waals surface area (Å²) < 4.78 is 21.7. The molecule has 1 atom stereocenters. The van der Waals surface area contributed by atoms with Crippen LogP contribution in [-0.2, 0) is 0 Å². The Balaban J connectivity index is 1.58. The van der Waals surface area contributed by atoms with Crippen molar-refractivity contribution in [3.05, 3.63) is 40.7 Å². The number of nitrogens with one attached hydrogen (secondary N) is 1. The van der Waals surface area contributed by atoms with Crippen LogP contribution in [0.5, 0.6) is 5.75 Å². The number of hydrogen-bond acceptors (Lipinski definition) is 8. The van der Waals surface area contributed by atoms with Crippen LogP contribution in [0, 0.1) is 5.82 Å². The van der Waals surface area contributed by atoms with Crippen molar-refractivity contribution in [3.8, 4) is 27.0 Å². The van der Waals surface area contributed by atoms with Crippen LogP contribution < -0.4 is 9.57 Å². The molecular weight excluding hydrogens is 448 g/mol. The summed E-state index contributed by atoms with van der Waals surface area (Å²) in [4.78, 5) is 7.68. The molecule has 3 aromatic heterocycles. The molecule has 0 radical (unpaired) electrons. The molecule has 28 heavy (non-hydrogen) atoms. The molecule has 0 fully saturated rings. The van der Waals surface area contributed by atoms with Crippen molar-refractivity contribution < 1.29 is 14.2 Å². The lowest BCUT2D eigenvalue weighted by atomic mass is 10.2. The Morgan fingerprint density at radius 1 is 1.32 bits per heavy atom. The summed E-state index contributed by atoms with van der Waals surface area (Å²) in [6.07, 6.45) is 3.77. The molecule has 0 aliphatic rings. The van der Waals surface area contributed by atoms with Gasteiger partial charge in [0, 0.05) is 29.4 Å². The van der Waals surface area contributed by atoms with E-state index < -0.39 is 11.9 Å². The second-order valence-corrected chi connectivity index (χ2v) is 8.17. The lowest BCUT2D eigenvalue weighted by Crippen LogP contribution is -2.32. The number of imidazole rings is 1. The van der Waals surface area contributed by atoms with Gasteiger partial charge in [-0.25, -0.2) is 14.2 Å². The highest BCUT2D eigenvalue weighted by Gasteiger charge is 2.18. The fourth-order valence-corrected chi connectivity index (χ4v) is 4.34. The lowest BCUT2D eigenvalue weighted by Gasteiger charge is -2.14. The molecule has 0 spiro atoms. The number of aromatic nitrogens is 4. The van der Waals surface area contributed by atoms with Crippen LogP contribution in [0.1, 0.15) is 0 Å². The van der Waals surface area contributed by atoms with Gasteiger partial charge in [-0.3, -0.25) is 4.40 Å². The Kier molecular flexibility index (Phi) is 5.76. The minimum absolute atomic E-state index is 0.0208. The van der Waals surface area contributed by atoms with Gasteiger partial charge in [0.2, 0.25) is 0 Å². The first-order chi connectivity index (χ1) is 13.6. The lowest BCUT2D eigenvalue weighted by molar-refractivity contribution is 0.194. The fraction of sp³-hybridized carbons (Fsp3) is 0.188. The molecule has 0 amide bonds. The van der Waals surface area contributed by atoms with Gasteiger partial charge < -0.3 is 9.84 Å². The summed E-state index contributed by atoms with van der Waals surface area (Å²) in [5.41, 5.74) is 1.10. The molecule has 1 unspecified atom stereocenters. The van der Waals surface area contributed by atoms with Gasteiger partial charge >= 0.3 is 0 Å². The van der Waals surface area contributed by atoms with Crippen LogP contribution in [0.2, 0.25) is 5.02 Å². The van der Waals surface area contributed by atoms with Crippen LogP contribution in [0.25, 0.3) is 26.2 Å². The molecule has 4 aromatic rings. The number of aliphatic hydroxyl groups excluding tert-OH is 1. The molecule has 146 valence electrons. The summed E-state index contributed by atoms with van der Waals surface area (Å²) in [5, 5.41) is 20.6. The summed E-state index contributed by atoms with van der Waals surface area (Å²) in [7, 11) is 0. The number of benzene rings is 1. The zero-order valence-electron chi connectivity index (χ0n) is 14.0. The first-order valence-corrected chi connectivity index (χ1v) is 10.4. The van der Waals surface area contributed by atoms with Gasteiger partial charge in [-0.15, -0.1) is 21.5 Å². The van der Waals surface area contributed by atoms with Gasteiger partial charge in [0.05, 0.1) is 17.7 Å². The van der Waals surface area contributed by atoms with E-state index in [-0.39, 0.29) is 24.0 Å². The van der Waals surface area contributed by atoms with Gasteiger partial charge in [0.1, 0.15) is 17.3 Å². The molecule has 0 aliphatic carbocycles. The maximum atomic E-state index is 14.4. The maximum absolute atomic E-state index is 14.4. The fourth-order valence-electron chi connectivity index (χ4n) is 2.38. The second kappa shape index (κ2) is 8.27. The van der Waals surface area contributed by atoms with Crippen molar-refractivity contribution >= 4 is 51.0 Å². The number of thiazole rings is 1. The number of halogens is 3. The van der Waals surface area contributed by atoms with E-state index in [0.29, 0.717) is 21.3 Å². The van der Waals surface area contributed by atoms with Crippen LogP contribution in [0.15, 0.2) is 29.9 Å². The number of rotatable bonds is 7. The highest BCUT2D eigenvalue weighted by Crippen LogP contribution is 2.37. The van der Waals surface area contributed by atoms with E-state index in [4.69, 9.17) is 33.2 Å². The highest BCUT2D eigenvalue weighted by atomic mass is 35.5. The minimum atomic E-state index is -0.607. The molecule has 0 aliphatic heterocycles. The van der Waals surface area contributed by atoms with Crippen LogP contribution in [0.3, 0.4) is 0 Å². The van der Waals surface area contributed by atoms with Crippen molar-refractivity contribution in [2.24, 2.45) is 0 Å². The summed E-state index contributed by atoms with van der Waals surface area (Å²) in [5.74, 6) is -0.650. The predicted molar refractivity (Wildman–Crippen MR) is 108 cm³/mol. The molecular formula is C16H12Cl2FN5O2S2. The van der Waals surface area contributed by atoms with Gasteiger partial charge in [0.25, 0.3) is 0 Å². The predicted octanol–water partition coefficient (Wildman–Crippen LogP) is 3.86. The van der Waals surface area contributed by atoms with Crippen molar-refractivity contribution in [1.29, 1.82) is 0 Å². The van der Waals surface area contributed by atoms with E-state index in [1.165, 1.54) is 34.8 Å². The topological polar surface area (TPSA) is 84.6 Å². The van der Waals surface area contributed by atoms with Crippen molar-refractivity contribution in [3.63, 3.8) is 0 Å². The van der Waals surface area contributed by atoms with Gasteiger partial charge in [-0.05, 0) is 17.8 Å². The number of aliphatic hydroxyl groups is 1. The molecule has 7 nitrogen and oxygen atoms in total. The van der Waals surface area contributed by atoms with E-state index in [9.17, 15) is 4.39 Å². The number of fused-ring (bicyclic) bond motifs is 1.